The van der Waals surface area contributed by atoms with Crippen molar-refractivity contribution in [3.63, 3.8) is 0 Å². The fraction of sp³-hybridized carbons (Fsp3) is 0.263. The first-order chi connectivity index (χ1) is 14.5. The van der Waals surface area contributed by atoms with Crippen LogP contribution in [0.1, 0.15) is 17.3 Å². The number of hydrogen-bond acceptors (Lipinski definition) is 6. The number of benzene rings is 2. The second-order valence-electron chi connectivity index (χ2n) is 7.09. The van der Waals surface area contributed by atoms with Crippen LogP contribution < -0.4 is 11.1 Å². The van der Waals surface area contributed by atoms with E-state index < -0.39 is 48.8 Å². The van der Waals surface area contributed by atoms with Gasteiger partial charge in [-0.25, -0.2) is 8.42 Å². The summed E-state index contributed by atoms with van der Waals surface area (Å²) in [6.45, 7) is 0.253. The Labute approximate surface area is 186 Å². The largest absolute Gasteiger partial charge is 0.426 e. The molecular weight excluding hydrogens is 475 g/mol. The molecule has 0 saturated heterocycles. The Morgan fingerprint density at radius 3 is 2.09 bits per heavy atom. The summed E-state index contributed by atoms with van der Waals surface area (Å²) in [6, 6.07) is 6.89. The highest BCUT2D eigenvalue weighted by Gasteiger charge is 2.55. The third kappa shape index (κ3) is 4.66. The monoisotopic (exact) mass is 493 g/mol. The third-order valence-corrected chi connectivity index (χ3v) is 6.72. The molecule has 0 fully saturated rings. The van der Waals surface area contributed by atoms with Crippen molar-refractivity contribution >= 4 is 44.6 Å². The molecule has 0 aliphatic heterocycles. The lowest BCUT2D eigenvalue weighted by molar-refractivity contribution is -0.242. The number of amides is 2. The van der Waals surface area contributed by atoms with Crippen molar-refractivity contribution in [3.8, 4) is 0 Å². The zero-order chi connectivity index (χ0) is 24.6. The van der Waals surface area contributed by atoms with Gasteiger partial charge in [0.25, 0.3) is 11.8 Å². The summed E-state index contributed by atoms with van der Waals surface area (Å²) in [7, 11) is -1.16. The maximum absolute atomic E-state index is 12.9. The zero-order valence-corrected chi connectivity index (χ0v) is 18.6. The molecule has 0 radical (unpaired) electrons. The van der Waals surface area contributed by atoms with Gasteiger partial charge in [0.2, 0.25) is 15.4 Å². The minimum Gasteiger partial charge on any atom is -0.396 e. The quantitative estimate of drug-likeness (QED) is 0.549. The highest BCUT2D eigenvalue weighted by atomic mass is 35.5. The molecule has 0 aromatic heterocycles. The molecule has 1 atom stereocenters. The normalized spacial score (nSPS) is 13.9. The Kier molecular flexibility index (Phi) is 6.84. The van der Waals surface area contributed by atoms with E-state index in [1.165, 1.54) is 43.3 Å². The van der Waals surface area contributed by atoms with Crippen molar-refractivity contribution in [1.29, 1.82) is 0 Å². The molecule has 2 aromatic rings. The average molecular weight is 494 g/mol. The van der Waals surface area contributed by atoms with Gasteiger partial charge in [0.1, 0.15) is 0 Å². The van der Waals surface area contributed by atoms with Crippen LogP contribution in [-0.2, 0) is 14.6 Å². The number of rotatable bonds is 5. The van der Waals surface area contributed by atoms with Gasteiger partial charge in [0, 0.05) is 19.7 Å². The van der Waals surface area contributed by atoms with Crippen molar-refractivity contribution < 1.29 is 36.3 Å². The molecule has 8 nitrogen and oxygen atoms in total. The molecule has 2 aromatic carbocycles. The number of sulfone groups is 1. The Balaban J connectivity index is 2.41. The van der Waals surface area contributed by atoms with E-state index in [-0.39, 0.29) is 23.3 Å². The lowest BCUT2D eigenvalue weighted by Crippen LogP contribution is -2.52. The lowest BCUT2D eigenvalue weighted by Gasteiger charge is -2.25. The molecule has 0 aliphatic carbocycles. The van der Waals surface area contributed by atoms with Gasteiger partial charge < -0.3 is 21.1 Å². The molecule has 0 bridgehead atoms. The number of aliphatic hydroxyl groups is 1. The molecule has 4 N–H and O–H groups in total. The van der Waals surface area contributed by atoms with E-state index in [1.54, 1.807) is 5.32 Å². The molecule has 32 heavy (non-hydrogen) atoms. The number of alkyl halides is 3. The second-order valence-corrected chi connectivity index (χ2v) is 9.39. The predicted octanol–water partition coefficient (Wildman–Crippen LogP) is 2.71. The van der Waals surface area contributed by atoms with Crippen molar-refractivity contribution in [2.24, 2.45) is 0 Å². The minimum absolute atomic E-state index is 0.215. The molecule has 174 valence electrons. The summed E-state index contributed by atoms with van der Waals surface area (Å²) >= 11 is 5.98. The van der Waals surface area contributed by atoms with E-state index in [4.69, 9.17) is 17.3 Å². The maximum atomic E-state index is 12.9. The van der Waals surface area contributed by atoms with Crippen molar-refractivity contribution in [2.45, 2.75) is 28.5 Å². The highest BCUT2D eigenvalue weighted by molar-refractivity contribution is 7.91. The first-order valence-electron chi connectivity index (χ1n) is 8.77. The average Bonchev–Trinajstić information content (AvgIpc) is 2.69. The number of halogens is 4. The minimum atomic E-state index is -5.27. The Morgan fingerprint density at radius 1 is 1.09 bits per heavy atom. The van der Waals surface area contributed by atoms with Gasteiger partial charge in [-0.1, -0.05) is 11.6 Å². The topological polar surface area (TPSA) is 130 Å². The van der Waals surface area contributed by atoms with E-state index in [0.717, 1.165) is 12.1 Å². The predicted molar refractivity (Wildman–Crippen MR) is 111 cm³/mol. The molecule has 13 heteroatoms. The van der Waals surface area contributed by atoms with Crippen LogP contribution in [0.25, 0.3) is 0 Å². The van der Waals surface area contributed by atoms with Crippen LogP contribution in [0, 0.1) is 0 Å². The Bertz CT molecular complexity index is 1160. The van der Waals surface area contributed by atoms with Gasteiger partial charge in [-0.2, -0.15) is 13.2 Å². The van der Waals surface area contributed by atoms with Crippen LogP contribution in [0.15, 0.2) is 46.2 Å². The molecule has 0 heterocycles. The number of carbonyl (C=O) groups excluding carboxylic acids is 2. The molecule has 2 rings (SSSR count). The van der Waals surface area contributed by atoms with Gasteiger partial charge in [-0.05, 0) is 43.3 Å². The summed E-state index contributed by atoms with van der Waals surface area (Å²) in [6.07, 6.45) is -5.27. The van der Waals surface area contributed by atoms with Crippen LogP contribution in [0.4, 0.5) is 24.5 Å². The Hall–Kier alpha value is -2.83. The highest BCUT2D eigenvalue weighted by Crippen LogP contribution is 2.37. The first-order valence-corrected chi connectivity index (χ1v) is 10.6. The van der Waals surface area contributed by atoms with Gasteiger partial charge in [0.05, 0.1) is 26.2 Å². The smallest absolute Gasteiger partial charge is 0.396 e. The summed E-state index contributed by atoms with van der Waals surface area (Å²) in [5, 5.41) is 10.7. The second kappa shape index (κ2) is 8.60. The SMILES string of the molecule is CN(C)C(=O)c1ccc(S(=O)(=O)c2ccc(NC(=O)C(C)(O)C(F)(F)F)c(Cl)c2N)cc1. The van der Waals surface area contributed by atoms with E-state index in [9.17, 15) is 36.3 Å². The van der Waals surface area contributed by atoms with E-state index in [2.05, 4.69) is 0 Å². The molecule has 2 amide bonds. The number of nitrogens with two attached hydrogens (primary N) is 1. The number of nitrogen functional groups attached to an aromatic ring is 1. The van der Waals surface area contributed by atoms with Crippen LogP contribution in [0.5, 0.6) is 0 Å². The van der Waals surface area contributed by atoms with Crippen molar-refractivity contribution in [2.75, 3.05) is 25.1 Å². The fourth-order valence-electron chi connectivity index (χ4n) is 2.44. The van der Waals surface area contributed by atoms with Crippen LogP contribution in [0.2, 0.25) is 5.02 Å². The molecular formula is C19H19ClF3N3O5S. The number of hydrogen-bond donors (Lipinski definition) is 3. The van der Waals surface area contributed by atoms with Gasteiger partial charge >= 0.3 is 6.18 Å². The molecule has 0 aliphatic rings. The summed E-state index contributed by atoms with van der Waals surface area (Å²) in [5.74, 6) is -2.17. The van der Waals surface area contributed by atoms with E-state index >= 15 is 0 Å². The number of nitrogens with one attached hydrogen (secondary N) is 1. The number of nitrogens with zero attached hydrogens (tertiary/aromatic N) is 1. The molecule has 0 spiro atoms. The van der Waals surface area contributed by atoms with Crippen LogP contribution in [-0.4, -0.2) is 56.1 Å². The number of anilines is 2. The maximum Gasteiger partial charge on any atom is 0.426 e. The van der Waals surface area contributed by atoms with Crippen molar-refractivity contribution in [1.82, 2.24) is 4.90 Å². The van der Waals surface area contributed by atoms with Gasteiger partial charge in [-0.3, -0.25) is 9.59 Å². The van der Waals surface area contributed by atoms with Crippen LogP contribution in [0.3, 0.4) is 0 Å². The Morgan fingerprint density at radius 2 is 1.62 bits per heavy atom. The summed E-state index contributed by atoms with van der Waals surface area (Å²) in [4.78, 5) is 24.4. The molecule has 0 saturated carbocycles. The van der Waals surface area contributed by atoms with Crippen molar-refractivity contribution in [3.05, 3.63) is 47.0 Å². The van der Waals surface area contributed by atoms with Gasteiger partial charge in [-0.15, -0.1) is 0 Å². The van der Waals surface area contributed by atoms with Gasteiger partial charge in [0.15, 0.2) is 0 Å². The molecule has 1 unspecified atom stereocenters. The van der Waals surface area contributed by atoms with Crippen LogP contribution >= 0.6 is 11.6 Å². The zero-order valence-electron chi connectivity index (χ0n) is 17.0. The van der Waals surface area contributed by atoms with E-state index in [1.807, 2.05) is 0 Å². The third-order valence-electron chi connectivity index (χ3n) is 4.49. The standard InChI is InChI=1S/C19H19ClF3N3O5S/c1-18(29,19(21,22)23)17(28)25-12-8-9-13(15(24)14(12)20)32(30,31)11-6-4-10(5-7-11)16(27)26(2)3/h4-9,29H,24H2,1-3H3,(H,25,28). The number of carbonyl (C=O) groups is 2. The summed E-state index contributed by atoms with van der Waals surface area (Å²) < 4.78 is 64.3. The van der Waals surface area contributed by atoms with E-state index in [0.29, 0.717) is 0 Å². The fourth-order valence-corrected chi connectivity index (χ4v) is 4.10. The summed E-state index contributed by atoms with van der Waals surface area (Å²) in [5.41, 5.74) is 1.36. The lowest BCUT2D eigenvalue weighted by atomic mass is 10.1. The first kappa shape index (κ1) is 25.4.